The number of hydrogen-bond donors (Lipinski definition) is 0. The average molecular weight is 637 g/mol. The fourth-order valence-electron chi connectivity index (χ4n) is 9.19. The highest BCUT2D eigenvalue weighted by Crippen LogP contribution is 2.56. The lowest BCUT2D eigenvalue weighted by atomic mass is 9.80. The molecular formula is C49H32O. The Morgan fingerprint density at radius 3 is 1.66 bits per heavy atom. The molecule has 0 saturated heterocycles. The van der Waals surface area contributed by atoms with Gasteiger partial charge in [0.05, 0.1) is 0 Å². The number of benzene rings is 9. The molecule has 0 atom stereocenters. The quantitative estimate of drug-likeness (QED) is 0.172. The molecule has 1 aliphatic carbocycles. The van der Waals surface area contributed by atoms with E-state index in [0.29, 0.717) is 0 Å². The molecule has 0 aliphatic heterocycles. The Morgan fingerprint density at radius 1 is 0.380 bits per heavy atom. The van der Waals surface area contributed by atoms with Gasteiger partial charge in [-0.2, -0.15) is 0 Å². The predicted octanol–water partition coefficient (Wildman–Crippen LogP) is 13.8. The SMILES string of the molecule is CC1(C)c2cccc(-c3c4ccccc4c(-c4ccc5oc6ccc7ccccc7c6c5c4)c4ccccc34)c2-c2c1ccc1ccccc21. The highest BCUT2D eigenvalue weighted by Gasteiger charge is 2.38. The molecule has 1 nitrogen and oxygen atoms in total. The van der Waals surface area contributed by atoms with E-state index in [1.165, 1.54) is 93.0 Å². The molecule has 1 heteroatoms. The predicted molar refractivity (Wildman–Crippen MR) is 212 cm³/mol. The third-order valence-electron chi connectivity index (χ3n) is 11.4. The van der Waals surface area contributed by atoms with Gasteiger partial charge in [0.2, 0.25) is 0 Å². The van der Waals surface area contributed by atoms with Crippen molar-refractivity contribution in [2.24, 2.45) is 0 Å². The van der Waals surface area contributed by atoms with E-state index in [9.17, 15) is 0 Å². The zero-order chi connectivity index (χ0) is 33.1. The Morgan fingerprint density at radius 2 is 0.940 bits per heavy atom. The Labute approximate surface area is 290 Å². The molecule has 234 valence electrons. The standard InChI is InChI=1S/C49H32O/c1-49(2)40-21-11-20-38(48(40)47-33-15-6-4-12-29(33)22-25-41(47)49)45-36-18-9-7-16-34(36)44(35-17-8-10-19-37(35)45)31-24-26-42-39(28-31)46-32-14-5-3-13-30(32)23-27-43(46)50-42/h3-28H,1-2H3. The molecule has 0 N–H and O–H groups in total. The average Bonchev–Trinajstić information content (AvgIpc) is 3.65. The molecule has 1 aliphatic rings. The molecule has 0 unspecified atom stereocenters. The zero-order valence-electron chi connectivity index (χ0n) is 27.9. The van der Waals surface area contributed by atoms with Crippen LogP contribution >= 0.6 is 0 Å². The van der Waals surface area contributed by atoms with Crippen LogP contribution in [0.4, 0.5) is 0 Å². The maximum Gasteiger partial charge on any atom is 0.136 e. The molecule has 50 heavy (non-hydrogen) atoms. The van der Waals surface area contributed by atoms with Gasteiger partial charge < -0.3 is 4.42 Å². The monoisotopic (exact) mass is 636 g/mol. The van der Waals surface area contributed by atoms with Crippen LogP contribution in [0.2, 0.25) is 0 Å². The minimum Gasteiger partial charge on any atom is -0.456 e. The van der Waals surface area contributed by atoms with Crippen LogP contribution in [-0.2, 0) is 5.41 Å². The van der Waals surface area contributed by atoms with Gasteiger partial charge in [0.1, 0.15) is 11.2 Å². The number of hydrogen-bond acceptors (Lipinski definition) is 1. The summed E-state index contributed by atoms with van der Waals surface area (Å²) in [6, 6.07) is 58.1. The molecular weight excluding hydrogens is 605 g/mol. The molecule has 0 spiro atoms. The van der Waals surface area contributed by atoms with Crippen molar-refractivity contribution in [2.75, 3.05) is 0 Å². The van der Waals surface area contributed by atoms with Crippen molar-refractivity contribution >= 4 is 65.0 Å². The van der Waals surface area contributed by atoms with E-state index >= 15 is 0 Å². The van der Waals surface area contributed by atoms with E-state index < -0.39 is 0 Å². The molecule has 1 heterocycles. The normalized spacial score (nSPS) is 13.6. The first-order chi connectivity index (χ1) is 24.6. The van der Waals surface area contributed by atoms with E-state index in [1.807, 2.05) is 0 Å². The second-order valence-corrected chi connectivity index (χ2v) is 14.4. The largest absolute Gasteiger partial charge is 0.456 e. The van der Waals surface area contributed by atoms with Gasteiger partial charge in [0, 0.05) is 16.2 Å². The maximum atomic E-state index is 6.42. The van der Waals surface area contributed by atoms with Crippen LogP contribution in [0.15, 0.2) is 162 Å². The van der Waals surface area contributed by atoms with Gasteiger partial charge in [-0.1, -0.05) is 153 Å². The topological polar surface area (TPSA) is 13.1 Å². The summed E-state index contributed by atoms with van der Waals surface area (Å²) in [6.07, 6.45) is 0. The molecule has 9 aromatic carbocycles. The van der Waals surface area contributed by atoms with E-state index in [-0.39, 0.29) is 5.41 Å². The molecule has 0 amide bonds. The van der Waals surface area contributed by atoms with Crippen LogP contribution in [0.5, 0.6) is 0 Å². The fourth-order valence-corrected chi connectivity index (χ4v) is 9.19. The third kappa shape index (κ3) is 3.62. The lowest BCUT2D eigenvalue weighted by Gasteiger charge is -2.22. The zero-order valence-corrected chi connectivity index (χ0v) is 27.9. The molecule has 0 bridgehead atoms. The third-order valence-corrected chi connectivity index (χ3v) is 11.4. The van der Waals surface area contributed by atoms with E-state index in [0.717, 1.165) is 16.6 Å². The van der Waals surface area contributed by atoms with Crippen molar-refractivity contribution in [3.8, 4) is 33.4 Å². The summed E-state index contributed by atoms with van der Waals surface area (Å²) in [5.74, 6) is 0. The summed E-state index contributed by atoms with van der Waals surface area (Å²) >= 11 is 0. The molecule has 10 aromatic rings. The van der Waals surface area contributed by atoms with Gasteiger partial charge in [0.25, 0.3) is 0 Å². The van der Waals surface area contributed by atoms with Gasteiger partial charge in [-0.05, 0) is 106 Å². The van der Waals surface area contributed by atoms with Gasteiger partial charge in [-0.25, -0.2) is 0 Å². The molecule has 0 radical (unpaired) electrons. The van der Waals surface area contributed by atoms with Crippen LogP contribution in [0.3, 0.4) is 0 Å². The second kappa shape index (κ2) is 9.94. The van der Waals surface area contributed by atoms with Crippen molar-refractivity contribution in [1.82, 2.24) is 0 Å². The Bertz CT molecular complexity index is 3010. The van der Waals surface area contributed by atoms with Gasteiger partial charge >= 0.3 is 0 Å². The Kier molecular flexibility index (Phi) is 5.51. The first-order valence-electron chi connectivity index (χ1n) is 17.5. The smallest absolute Gasteiger partial charge is 0.136 e. The van der Waals surface area contributed by atoms with Crippen LogP contribution in [-0.4, -0.2) is 0 Å². The highest BCUT2D eigenvalue weighted by atomic mass is 16.3. The minimum atomic E-state index is -0.108. The molecule has 11 rings (SSSR count). The summed E-state index contributed by atoms with van der Waals surface area (Å²) < 4.78 is 6.42. The lowest BCUT2D eigenvalue weighted by molar-refractivity contribution is 0.661. The second-order valence-electron chi connectivity index (χ2n) is 14.4. The van der Waals surface area contributed by atoms with Crippen molar-refractivity contribution < 1.29 is 4.42 Å². The highest BCUT2D eigenvalue weighted by molar-refractivity contribution is 6.25. The Balaban J connectivity index is 1.25. The number of fused-ring (bicyclic) bond motifs is 12. The van der Waals surface area contributed by atoms with Crippen LogP contribution < -0.4 is 0 Å². The fraction of sp³-hybridized carbons (Fsp3) is 0.0612. The maximum absolute atomic E-state index is 6.42. The summed E-state index contributed by atoms with van der Waals surface area (Å²) in [5.41, 5.74) is 12.3. The van der Waals surface area contributed by atoms with Gasteiger partial charge in [-0.3, -0.25) is 0 Å². The van der Waals surface area contributed by atoms with Crippen LogP contribution in [0, 0.1) is 0 Å². The van der Waals surface area contributed by atoms with Crippen molar-refractivity contribution in [2.45, 2.75) is 19.3 Å². The summed E-state index contributed by atoms with van der Waals surface area (Å²) in [5, 5.41) is 12.4. The number of furan rings is 1. The summed E-state index contributed by atoms with van der Waals surface area (Å²) in [7, 11) is 0. The van der Waals surface area contributed by atoms with Gasteiger partial charge in [0.15, 0.2) is 0 Å². The van der Waals surface area contributed by atoms with Crippen molar-refractivity contribution in [1.29, 1.82) is 0 Å². The molecule has 0 fully saturated rings. The minimum absolute atomic E-state index is 0.108. The van der Waals surface area contributed by atoms with Crippen LogP contribution in [0.1, 0.15) is 25.0 Å². The molecule has 0 saturated carbocycles. The van der Waals surface area contributed by atoms with Gasteiger partial charge in [-0.15, -0.1) is 0 Å². The summed E-state index contributed by atoms with van der Waals surface area (Å²) in [6.45, 7) is 4.77. The van der Waals surface area contributed by atoms with Crippen molar-refractivity contribution in [3.63, 3.8) is 0 Å². The van der Waals surface area contributed by atoms with Crippen molar-refractivity contribution in [3.05, 3.63) is 169 Å². The first-order valence-corrected chi connectivity index (χ1v) is 17.5. The summed E-state index contributed by atoms with van der Waals surface area (Å²) in [4.78, 5) is 0. The van der Waals surface area contributed by atoms with E-state index in [4.69, 9.17) is 4.42 Å². The van der Waals surface area contributed by atoms with Crippen LogP contribution in [0.25, 0.3) is 98.4 Å². The van der Waals surface area contributed by atoms with E-state index in [2.05, 4.69) is 172 Å². The van der Waals surface area contributed by atoms with E-state index in [1.54, 1.807) is 0 Å². The Hall–Kier alpha value is -6.18. The number of rotatable bonds is 2. The lowest BCUT2D eigenvalue weighted by Crippen LogP contribution is -2.14. The molecule has 1 aromatic heterocycles. The first kappa shape index (κ1) is 27.7.